The van der Waals surface area contributed by atoms with Crippen LogP contribution in [-0.2, 0) is 9.59 Å². The summed E-state index contributed by atoms with van der Waals surface area (Å²) in [5.41, 5.74) is 0. The smallest absolute Gasteiger partial charge is 0.430 e. The first-order valence-corrected chi connectivity index (χ1v) is 10.7. The molecule has 12 heteroatoms. The number of nitrogens with zero attached hydrogens (tertiary/aromatic N) is 2. The Labute approximate surface area is 186 Å². The third kappa shape index (κ3) is 16.1. The molecule has 2 aliphatic rings. The van der Waals surface area contributed by atoms with Crippen LogP contribution in [0.1, 0.15) is 52.4 Å². The molecule has 0 atom stereocenters. The van der Waals surface area contributed by atoms with Crippen molar-refractivity contribution in [1.82, 2.24) is 0 Å². The predicted octanol–water partition coefficient (Wildman–Crippen LogP) is 1.87. The highest BCUT2D eigenvalue weighted by molar-refractivity contribution is 5.71. The van der Waals surface area contributed by atoms with Gasteiger partial charge >= 0.3 is 12.4 Å². The van der Waals surface area contributed by atoms with Crippen molar-refractivity contribution in [1.29, 1.82) is 0 Å². The Kier molecular flexibility index (Phi) is 14.8. The van der Waals surface area contributed by atoms with Gasteiger partial charge in [-0.1, -0.05) is 13.8 Å². The van der Waals surface area contributed by atoms with Crippen LogP contribution < -0.4 is 10.2 Å². The van der Waals surface area contributed by atoms with Gasteiger partial charge in [-0.15, -0.1) is 0 Å². The zero-order valence-electron chi connectivity index (χ0n) is 19.3. The molecule has 0 saturated carbocycles. The molecule has 0 aromatic heterocycles. The average Bonchev–Trinajstić information content (AvgIpc) is 3.24. The lowest BCUT2D eigenvalue weighted by atomic mass is 10.4. The molecule has 2 heterocycles. The first kappa shape index (κ1) is 32.6. The number of carbonyl (C=O) groups is 2. The first-order chi connectivity index (χ1) is 14.4. The number of halogens is 6. The second-order valence-electron chi connectivity index (χ2n) is 8.57. The quantitative estimate of drug-likeness (QED) is 0.453. The maximum absolute atomic E-state index is 10.5. The third-order valence-electron chi connectivity index (χ3n) is 5.28. The molecular formula is C20H36F6N2O4. The number of alkyl halides is 6. The highest BCUT2D eigenvalue weighted by atomic mass is 19.4. The Balaban J connectivity index is 0. The van der Waals surface area contributed by atoms with Gasteiger partial charge in [0.2, 0.25) is 0 Å². The lowest BCUT2D eigenvalue weighted by Gasteiger charge is -2.28. The molecule has 6 nitrogen and oxygen atoms in total. The highest BCUT2D eigenvalue weighted by Crippen LogP contribution is 2.17. The van der Waals surface area contributed by atoms with Gasteiger partial charge in [0, 0.05) is 25.7 Å². The number of quaternary nitrogens is 2. The van der Waals surface area contributed by atoms with Gasteiger partial charge in [0.25, 0.3) is 0 Å². The van der Waals surface area contributed by atoms with Crippen LogP contribution in [0, 0.1) is 0 Å². The molecule has 0 aromatic rings. The Hall–Kier alpha value is -1.56. The Morgan fingerprint density at radius 3 is 0.969 bits per heavy atom. The van der Waals surface area contributed by atoms with E-state index in [9.17, 15) is 26.3 Å². The summed E-state index contributed by atoms with van der Waals surface area (Å²) in [6.07, 6.45) is -1.88. The van der Waals surface area contributed by atoms with Gasteiger partial charge < -0.3 is 28.8 Å². The van der Waals surface area contributed by atoms with Gasteiger partial charge in [-0.25, -0.2) is 0 Å². The summed E-state index contributed by atoms with van der Waals surface area (Å²) in [6.45, 7) is 13.0. The van der Waals surface area contributed by atoms with Crippen LogP contribution >= 0.6 is 0 Å². The molecule has 0 unspecified atom stereocenters. The molecule has 0 aromatic carbocycles. The number of hydrogen-bond donors (Lipinski definition) is 0. The molecule has 0 amide bonds. The minimum Gasteiger partial charge on any atom is -0.542 e. The number of aliphatic carboxylic acids is 2. The summed E-state index contributed by atoms with van der Waals surface area (Å²) in [4.78, 5) is 17.6. The van der Waals surface area contributed by atoms with E-state index in [1.54, 1.807) is 0 Å². The van der Waals surface area contributed by atoms with Crippen molar-refractivity contribution in [2.24, 2.45) is 0 Å². The number of carbonyl (C=O) groups excluding carboxylic acids is 2. The summed E-state index contributed by atoms with van der Waals surface area (Å²) in [5.74, 6) is -6.01. The minimum absolute atomic E-state index is 1.34. The number of likely N-dealkylation sites (tertiary alicyclic amines) is 2. The van der Waals surface area contributed by atoms with Crippen molar-refractivity contribution in [3.8, 4) is 0 Å². The van der Waals surface area contributed by atoms with Gasteiger partial charge in [0.1, 0.15) is 11.9 Å². The van der Waals surface area contributed by atoms with Gasteiger partial charge in [-0.3, -0.25) is 0 Å². The molecule has 0 radical (unpaired) electrons. The van der Waals surface area contributed by atoms with Crippen LogP contribution in [0.4, 0.5) is 26.3 Å². The molecule has 0 aliphatic carbocycles. The molecule has 2 saturated heterocycles. The molecular weight excluding hydrogens is 446 g/mol. The van der Waals surface area contributed by atoms with Crippen LogP contribution in [0.3, 0.4) is 0 Å². The molecule has 2 fully saturated rings. The second kappa shape index (κ2) is 14.6. The van der Waals surface area contributed by atoms with Crippen molar-refractivity contribution in [3.05, 3.63) is 0 Å². The Bertz CT molecular complexity index is 493. The van der Waals surface area contributed by atoms with Gasteiger partial charge in [0.05, 0.1) is 53.4 Å². The number of hydrogen-bond acceptors (Lipinski definition) is 4. The molecule has 2 aliphatic heterocycles. The maximum Gasteiger partial charge on any atom is 0.430 e. The van der Waals surface area contributed by atoms with Crippen LogP contribution in [-0.4, -0.2) is 86.6 Å². The minimum atomic E-state index is -5.19. The SMILES string of the molecule is CCC[N+]1(C)CCCC1.CCC[N+]1(C)CCCC1.O=C([O-])C(F)(F)F.O=C([O-])C(F)(F)F. The fraction of sp³-hybridized carbons (Fsp3) is 0.900. The van der Waals surface area contributed by atoms with E-state index in [2.05, 4.69) is 27.9 Å². The van der Waals surface area contributed by atoms with Gasteiger partial charge in [-0.05, 0) is 12.8 Å². The molecule has 32 heavy (non-hydrogen) atoms. The van der Waals surface area contributed by atoms with E-state index in [4.69, 9.17) is 19.8 Å². The normalized spacial score (nSPS) is 18.8. The first-order valence-electron chi connectivity index (χ1n) is 10.7. The molecule has 2 rings (SSSR count). The third-order valence-corrected chi connectivity index (χ3v) is 5.28. The van der Waals surface area contributed by atoms with E-state index in [1.165, 1.54) is 86.8 Å². The van der Waals surface area contributed by atoms with E-state index < -0.39 is 24.3 Å². The standard InChI is InChI=1S/2C8H18N.2C2HF3O2/c2*1-3-6-9(2)7-4-5-8-9;2*3-2(4,5)1(6)7/h2*3-8H2,1-2H3;2*(H,6,7)/q2*+1;;/p-2. The zero-order chi connectivity index (χ0) is 25.6. The van der Waals surface area contributed by atoms with Crippen LogP contribution in [0.5, 0.6) is 0 Å². The van der Waals surface area contributed by atoms with Crippen molar-refractivity contribution in [2.75, 3.05) is 53.4 Å². The van der Waals surface area contributed by atoms with E-state index in [0.717, 1.165) is 0 Å². The summed E-state index contributed by atoms with van der Waals surface area (Å²) < 4.78 is 65.8. The zero-order valence-corrected chi connectivity index (χ0v) is 19.3. The molecule has 0 N–H and O–H groups in total. The van der Waals surface area contributed by atoms with Gasteiger partial charge in [-0.2, -0.15) is 26.3 Å². The van der Waals surface area contributed by atoms with Crippen molar-refractivity contribution >= 4 is 11.9 Å². The van der Waals surface area contributed by atoms with Crippen molar-refractivity contribution in [3.63, 3.8) is 0 Å². The highest BCUT2D eigenvalue weighted by Gasteiger charge is 2.29. The lowest BCUT2D eigenvalue weighted by molar-refractivity contribution is -0.897. The van der Waals surface area contributed by atoms with E-state index in [-0.39, 0.29) is 0 Å². The summed E-state index contributed by atoms with van der Waals surface area (Å²) in [5, 5.41) is 17.6. The topological polar surface area (TPSA) is 80.3 Å². The van der Waals surface area contributed by atoms with Crippen molar-refractivity contribution < 1.29 is 55.1 Å². The predicted molar refractivity (Wildman–Crippen MR) is 103 cm³/mol. The average molecular weight is 483 g/mol. The van der Waals surface area contributed by atoms with E-state index in [1.807, 2.05) is 0 Å². The van der Waals surface area contributed by atoms with Gasteiger partial charge in [0.15, 0.2) is 0 Å². The van der Waals surface area contributed by atoms with Crippen LogP contribution in [0.2, 0.25) is 0 Å². The fourth-order valence-electron chi connectivity index (χ4n) is 3.72. The Morgan fingerprint density at radius 1 is 0.656 bits per heavy atom. The summed E-state index contributed by atoms with van der Waals surface area (Å²) in [7, 11) is 4.77. The summed E-state index contributed by atoms with van der Waals surface area (Å²) >= 11 is 0. The number of carboxylic acids is 2. The number of rotatable bonds is 4. The van der Waals surface area contributed by atoms with E-state index >= 15 is 0 Å². The largest absolute Gasteiger partial charge is 0.542 e. The number of carboxylic acid groups (broad SMARTS) is 2. The van der Waals surface area contributed by atoms with Crippen molar-refractivity contribution in [2.45, 2.75) is 64.7 Å². The lowest BCUT2D eigenvalue weighted by Crippen LogP contribution is -2.41. The second-order valence-corrected chi connectivity index (χ2v) is 8.57. The molecule has 0 spiro atoms. The maximum atomic E-state index is 10.5. The Morgan fingerprint density at radius 2 is 0.844 bits per heavy atom. The molecule has 192 valence electrons. The van der Waals surface area contributed by atoms with Crippen LogP contribution in [0.25, 0.3) is 0 Å². The summed E-state index contributed by atoms with van der Waals surface area (Å²) in [6, 6.07) is 0. The fourth-order valence-corrected chi connectivity index (χ4v) is 3.72. The monoisotopic (exact) mass is 482 g/mol. The molecule has 0 bridgehead atoms. The van der Waals surface area contributed by atoms with Crippen LogP contribution in [0.15, 0.2) is 0 Å². The van der Waals surface area contributed by atoms with E-state index in [0.29, 0.717) is 0 Å².